The molecule has 2 aromatic rings. The molecular weight excluding hydrogens is 300 g/mol. The monoisotopic (exact) mass is 324 g/mol. The van der Waals surface area contributed by atoms with E-state index in [-0.39, 0.29) is 5.91 Å². The van der Waals surface area contributed by atoms with E-state index < -0.39 is 0 Å². The average molecular weight is 324 g/mol. The molecule has 0 radical (unpaired) electrons. The highest BCUT2D eigenvalue weighted by Crippen LogP contribution is 2.22. The van der Waals surface area contributed by atoms with Crippen LogP contribution in [0.1, 0.15) is 36.2 Å². The lowest BCUT2D eigenvalue weighted by Crippen LogP contribution is -2.16. The minimum absolute atomic E-state index is 0.194. The van der Waals surface area contributed by atoms with Crippen LogP contribution in [0.3, 0.4) is 0 Å². The molecule has 0 bridgehead atoms. The van der Waals surface area contributed by atoms with E-state index in [2.05, 4.69) is 15.6 Å². The van der Waals surface area contributed by atoms with Gasteiger partial charge < -0.3 is 15.5 Å². The summed E-state index contributed by atoms with van der Waals surface area (Å²) in [7, 11) is 3.97. The van der Waals surface area contributed by atoms with Crippen LogP contribution in [-0.4, -0.2) is 31.0 Å². The van der Waals surface area contributed by atoms with E-state index in [1.54, 1.807) is 12.3 Å². The van der Waals surface area contributed by atoms with Gasteiger partial charge in [-0.2, -0.15) is 0 Å². The number of pyridine rings is 1. The highest BCUT2D eigenvalue weighted by molar-refractivity contribution is 6.03. The minimum atomic E-state index is -0.194. The summed E-state index contributed by atoms with van der Waals surface area (Å²) in [6, 6.07) is 12.0. The highest BCUT2D eigenvalue weighted by Gasteiger charge is 2.15. The number of amides is 1. The number of nitrogens with one attached hydrogen (secondary N) is 2. The van der Waals surface area contributed by atoms with Crippen molar-refractivity contribution in [2.75, 3.05) is 29.6 Å². The summed E-state index contributed by atoms with van der Waals surface area (Å²) >= 11 is 0. The van der Waals surface area contributed by atoms with Crippen molar-refractivity contribution < 1.29 is 4.79 Å². The molecule has 0 atom stereocenters. The molecule has 1 aliphatic carbocycles. The topological polar surface area (TPSA) is 57.3 Å². The van der Waals surface area contributed by atoms with Crippen molar-refractivity contribution in [3.8, 4) is 0 Å². The Kier molecular flexibility index (Phi) is 4.99. The Morgan fingerprint density at radius 2 is 1.71 bits per heavy atom. The fraction of sp³-hybridized carbons (Fsp3) is 0.368. The smallest absolute Gasteiger partial charge is 0.274 e. The Hall–Kier alpha value is -2.56. The van der Waals surface area contributed by atoms with Gasteiger partial charge in [0.2, 0.25) is 0 Å². The predicted octanol–water partition coefficient (Wildman–Crippen LogP) is 3.75. The first kappa shape index (κ1) is 16.3. The Morgan fingerprint density at radius 1 is 1.04 bits per heavy atom. The molecule has 1 aliphatic rings. The summed E-state index contributed by atoms with van der Waals surface area (Å²) in [5.41, 5.74) is 3.26. The Bertz CT molecular complexity index is 674. The first-order valence-electron chi connectivity index (χ1n) is 8.43. The van der Waals surface area contributed by atoms with Gasteiger partial charge in [-0.15, -0.1) is 0 Å². The molecule has 1 amide bonds. The zero-order valence-corrected chi connectivity index (χ0v) is 14.2. The van der Waals surface area contributed by atoms with E-state index >= 15 is 0 Å². The molecule has 0 saturated heterocycles. The SMILES string of the molecule is CN(C)c1ccc(NC(=O)c2ccc(NC3CCCC3)cn2)cc1. The van der Waals surface area contributed by atoms with E-state index in [9.17, 15) is 4.79 Å². The zero-order valence-electron chi connectivity index (χ0n) is 14.2. The molecule has 5 heteroatoms. The van der Waals surface area contributed by atoms with E-state index in [1.807, 2.05) is 49.3 Å². The van der Waals surface area contributed by atoms with Crippen molar-refractivity contribution in [3.63, 3.8) is 0 Å². The van der Waals surface area contributed by atoms with Gasteiger partial charge in [0, 0.05) is 31.5 Å². The van der Waals surface area contributed by atoms with Crippen LogP contribution < -0.4 is 15.5 Å². The molecule has 0 unspecified atom stereocenters. The summed E-state index contributed by atoms with van der Waals surface area (Å²) in [5.74, 6) is -0.194. The molecule has 1 fully saturated rings. The summed E-state index contributed by atoms with van der Waals surface area (Å²) in [5, 5.41) is 6.35. The Balaban J connectivity index is 1.60. The first-order valence-corrected chi connectivity index (χ1v) is 8.43. The molecule has 1 aromatic carbocycles. The lowest BCUT2D eigenvalue weighted by atomic mass is 10.2. The van der Waals surface area contributed by atoms with Crippen molar-refractivity contribution in [2.45, 2.75) is 31.7 Å². The van der Waals surface area contributed by atoms with Gasteiger partial charge in [-0.25, -0.2) is 4.98 Å². The van der Waals surface area contributed by atoms with Gasteiger partial charge in [-0.3, -0.25) is 4.79 Å². The second-order valence-corrected chi connectivity index (χ2v) is 6.45. The van der Waals surface area contributed by atoms with Crippen molar-refractivity contribution >= 4 is 23.0 Å². The molecule has 1 heterocycles. The largest absolute Gasteiger partial charge is 0.381 e. The van der Waals surface area contributed by atoms with Crippen molar-refractivity contribution in [1.29, 1.82) is 0 Å². The predicted molar refractivity (Wildman–Crippen MR) is 98.8 cm³/mol. The molecule has 0 aliphatic heterocycles. The lowest BCUT2D eigenvalue weighted by molar-refractivity contribution is 0.102. The van der Waals surface area contributed by atoms with E-state index in [0.717, 1.165) is 17.1 Å². The van der Waals surface area contributed by atoms with Gasteiger partial charge in [0.1, 0.15) is 5.69 Å². The number of hydrogen-bond donors (Lipinski definition) is 2. The summed E-state index contributed by atoms with van der Waals surface area (Å²) < 4.78 is 0. The fourth-order valence-electron chi connectivity index (χ4n) is 2.96. The van der Waals surface area contributed by atoms with Crippen molar-refractivity contribution in [1.82, 2.24) is 4.98 Å². The Labute approximate surface area is 143 Å². The molecule has 5 nitrogen and oxygen atoms in total. The Morgan fingerprint density at radius 3 is 2.29 bits per heavy atom. The first-order chi connectivity index (χ1) is 11.6. The van der Waals surface area contributed by atoms with Crippen LogP contribution in [0.2, 0.25) is 0 Å². The summed E-state index contributed by atoms with van der Waals surface area (Å²) in [4.78, 5) is 18.6. The quantitative estimate of drug-likeness (QED) is 0.879. The standard InChI is InChI=1S/C19H24N4O/c1-23(2)17-10-7-15(8-11-17)22-19(24)18-12-9-16(13-20-18)21-14-5-3-4-6-14/h7-14,21H,3-6H2,1-2H3,(H,22,24). The van der Waals surface area contributed by atoms with Gasteiger partial charge in [0.15, 0.2) is 0 Å². The van der Waals surface area contributed by atoms with Gasteiger partial charge in [0.05, 0.1) is 11.9 Å². The maximum atomic E-state index is 12.3. The molecule has 24 heavy (non-hydrogen) atoms. The van der Waals surface area contributed by atoms with Crippen LogP contribution in [0.25, 0.3) is 0 Å². The van der Waals surface area contributed by atoms with Gasteiger partial charge in [-0.05, 0) is 49.2 Å². The summed E-state index contributed by atoms with van der Waals surface area (Å²) in [6.45, 7) is 0. The zero-order chi connectivity index (χ0) is 16.9. The minimum Gasteiger partial charge on any atom is -0.381 e. The third-order valence-corrected chi connectivity index (χ3v) is 4.36. The van der Waals surface area contributed by atoms with E-state index in [1.165, 1.54) is 25.7 Å². The summed E-state index contributed by atoms with van der Waals surface area (Å²) in [6.07, 6.45) is 6.75. The third kappa shape index (κ3) is 4.04. The molecule has 1 saturated carbocycles. The van der Waals surface area contributed by atoms with Crippen LogP contribution in [-0.2, 0) is 0 Å². The molecule has 1 aromatic heterocycles. The highest BCUT2D eigenvalue weighted by atomic mass is 16.1. The normalized spacial score (nSPS) is 14.4. The molecule has 126 valence electrons. The molecular formula is C19H24N4O. The van der Waals surface area contributed by atoms with Gasteiger partial charge in [-0.1, -0.05) is 12.8 Å². The number of anilines is 3. The lowest BCUT2D eigenvalue weighted by Gasteiger charge is -2.14. The third-order valence-electron chi connectivity index (χ3n) is 4.36. The average Bonchev–Trinajstić information content (AvgIpc) is 3.09. The van der Waals surface area contributed by atoms with Gasteiger partial charge >= 0.3 is 0 Å². The number of rotatable bonds is 5. The van der Waals surface area contributed by atoms with E-state index in [0.29, 0.717) is 11.7 Å². The maximum Gasteiger partial charge on any atom is 0.274 e. The fourth-order valence-corrected chi connectivity index (χ4v) is 2.96. The van der Waals surface area contributed by atoms with Crippen LogP contribution >= 0.6 is 0 Å². The van der Waals surface area contributed by atoms with Crippen LogP contribution in [0, 0.1) is 0 Å². The number of hydrogen-bond acceptors (Lipinski definition) is 4. The molecule has 0 spiro atoms. The second-order valence-electron chi connectivity index (χ2n) is 6.45. The van der Waals surface area contributed by atoms with Crippen LogP contribution in [0.4, 0.5) is 17.1 Å². The van der Waals surface area contributed by atoms with Crippen LogP contribution in [0.15, 0.2) is 42.6 Å². The number of nitrogens with zero attached hydrogens (tertiary/aromatic N) is 2. The molecule has 2 N–H and O–H groups in total. The number of aromatic nitrogens is 1. The van der Waals surface area contributed by atoms with E-state index in [4.69, 9.17) is 0 Å². The van der Waals surface area contributed by atoms with Crippen molar-refractivity contribution in [3.05, 3.63) is 48.3 Å². The maximum absolute atomic E-state index is 12.3. The van der Waals surface area contributed by atoms with Crippen LogP contribution in [0.5, 0.6) is 0 Å². The number of carbonyl (C=O) groups is 1. The molecule has 3 rings (SSSR count). The van der Waals surface area contributed by atoms with Crippen molar-refractivity contribution in [2.24, 2.45) is 0 Å². The second kappa shape index (κ2) is 7.34. The number of carbonyl (C=O) groups excluding carboxylic acids is 1. The van der Waals surface area contributed by atoms with Gasteiger partial charge in [0.25, 0.3) is 5.91 Å². The number of benzene rings is 1.